The van der Waals surface area contributed by atoms with Gasteiger partial charge in [-0.05, 0) is 19.3 Å². The maximum Gasteiger partial charge on any atom is 0.305 e. The second kappa shape index (κ2) is 30.2. The molecule has 214 valence electrons. The molecule has 0 aromatic rings. The molecule has 0 amide bonds. The minimum absolute atomic E-state index is 0.00351. The summed E-state index contributed by atoms with van der Waals surface area (Å²) in [7, 11) is 0. The summed E-state index contributed by atoms with van der Waals surface area (Å²) in [6.45, 7) is 2.83. The molecule has 0 aromatic heterocycles. The van der Waals surface area contributed by atoms with Gasteiger partial charge in [0.25, 0.3) is 0 Å². The fraction of sp³-hybridized carbons (Fsp3) is 0.938. The summed E-state index contributed by atoms with van der Waals surface area (Å²) < 4.78 is 5.32. The number of carboxylic acid groups (broad SMARTS) is 1. The number of rotatable bonds is 30. The first-order chi connectivity index (χ1) is 17.7. The fourth-order valence-electron chi connectivity index (χ4n) is 4.87. The zero-order valence-corrected chi connectivity index (χ0v) is 24.2. The number of aliphatic carboxylic acids is 1. The topological polar surface area (TPSA) is 63.6 Å². The van der Waals surface area contributed by atoms with E-state index in [9.17, 15) is 9.59 Å². The van der Waals surface area contributed by atoms with E-state index in [1.807, 2.05) is 0 Å². The summed E-state index contributed by atoms with van der Waals surface area (Å²) in [5, 5.41) is 8.61. The number of carbonyl (C=O) groups excluding carboxylic acids is 1. The Morgan fingerprint density at radius 3 is 1.11 bits per heavy atom. The SMILES string of the molecule is CCCCCCCOC(=O)CCCCCCCCCCCCCCCCCCCCCCCC(=O)O. The summed E-state index contributed by atoms with van der Waals surface area (Å²) in [6, 6.07) is 0. The van der Waals surface area contributed by atoms with E-state index in [0.717, 1.165) is 25.7 Å². The molecule has 0 aliphatic rings. The van der Waals surface area contributed by atoms with Gasteiger partial charge in [-0.1, -0.05) is 155 Å². The standard InChI is InChI=1S/C32H62O4/c1-2-3-4-24-27-30-36-32(35)29-26-23-21-19-17-15-13-11-9-7-5-6-8-10-12-14-16-18-20-22-25-28-31(33)34/h2-30H2,1H3,(H,33,34). The zero-order chi connectivity index (χ0) is 26.4. The van der Waals surface area contributed by atoms with Crippen LogP contribution in [-0.4, -0.2) is 23.7 Å². The van der Waals surface area contributed by atoms with Crippen LogP contribution < -0.4 is 0 Å². The Morgan fingerprint density at radius 2 is 0.750 bits per heavy atom. The van der Waals surface area contributed by atoms with E-state index in [1.165, 1.54) is 141 Å². The number of ether oxygens (including phenoxy) is 1. The lowest BCUT2D eigenvalue weighted by Crippen LogP contribution is -2.05. The predicted octanol–water partition coefficient (Wildman–Crippen LogP) is 10.6. The Balaban J connectivity index is 3.10. The molecule has 0 saturated heterocycles. The molecule has 0 aliphatic heterocycles. The smallest absolute Gasteiger partial charge is 0.305 e. The van der Waals surface area contributed by atoms with E-state index in [1.54, 1.807) is 0 Å². The van der Waals surface area contributed by atoms with Gasteiger partial charge in [0, 0.05) is 12.8 Å². The number of hydrogen-bond donors (Lipinski definition) is 1. The maximum atomic E-state index is 11.7. The Kier molecular flexibility index (Phi) is 29.3. The molecule has 4 heteroatoms. The first-order valence-electron chi connectivity index (χ1n) is 16.0. The van der Waals surface area contributed by atoms with E-state index in [-0.39, 0.29) is 5.97 Å². The van der Waals surface area contributed by atoms with Gasteiger partial charge in [-0.25, -0.2) is 0 Å². The highest BCUT2D eigenvalue weighted by molar-refractivity contribution is 5.69. The average molecular weight is 511 g/mol. The van der Waals surface area contributed by atoms with Gasteiger partial charge >= 0.3 is 11.9 Å². The molecule has 0 heterocycles. The van der Waals surface area contributed by atoms with Crippen molar-refractivity contribution in [2.24, 2.45) is 0 Å². The van der Waals surface area contributed by atoms with Crippen LogP contribution in [0.5, 0.6) is 0 Å². The molecule has 0 unspecified atom stereocenters. The lowest BCUT2D eigenvalue weighted by molar-refractivity contribution is -0.144. The van der Waals surface area contributed by atoms with E-state index in [0.29, 0.717) is 19.4 Å². The second-order valence-electron chi connectivity index (χ2n) is 11.0. The second-order valence-corrected chi connectivity index (χ2v) is 11.0. The van der Waals surface area contributed by atoms with E-state index in [4.69, 9.17) is 9.84 Å². The number of carboxylic acids is 1. The van der Waals surface area contributed by atoms with Crippen LogP contribution in [0.2, 0.25) is 0 Å². The van der Waals surface area contributed by atoms with Gasteiger partial charge in [0.05, 0.1) is 6.61 Å². The summed E-state index contributed by atoms with van der Waals surface area (Å²) in [6.07, 6.45) is 34.0. The van der Waals surface area contributed by atoms with Crippen LogP contribution >= 0.6 is 0 Å². The van der Waals surface area contributed by atoms with E-state index >= 15 is 0 Å². The third-order valence-corrected chi connectivity index (χ3v) is 7.28. The summed E-state index contributed by atoms with van der Waals surface area (Å²) in [5.41, 5.74) is 0. The minimum Gasteiger partial charge on any atom is -0.481 e. The maximum absolute atomic E-state index is 11.7. The van der Waals surface area contributed by atoms with Crippen molar-refractivity contribution in [3.05, 3.63) is 0 Å². The first-order valence-corrected chi connectivity index (χ1v) is 16.0. The Labute approximate surface area is 224 Å². The molecule has 0 rings (SSSR count). The molecule has 0 atom stereocenters. The third kappa shape index (κ3) is 31.0. The molecule has 36 heavy (non-hydrogen) atoms. The molecule has 4 nitrogen and oxygen atoms in total. The Hall–Kier alpha value is -1.06. The van der Waals surface area contributed by atoms with Crippen molar-refractivity contribution in [1.82, 2.24) is 0 Å². The number of carbonyl (C=O) groups is 2. The quantitative estimate of drug-likeness (QED) is 0.0770. The van der Waals surface area contributed by atoms with Crippen LogP contribution in [-0.2, 0) is 14.3 Å². The minimum atomic E-state index is -0.659. The molecular weight excluding hydrogens is 448 g/mol. The third-order valence-electron chi connectivity index (χ3n) is 7.28. The Bertz CT molecular complexity index is 463. The molecule has 0 fully saturated rings. The van der Waals surface area contributed by atoms with E-state index < -0.39 is 5.97 Å². The lowest BCUT2D eigenvalue weighted by atomic mass is 10.0. The fourth-order valence-corrected chi connectivity index (χ4v) is 4.87. The Morgan fingerprint density at radius 1 is 0.444 bits per heavy atom. The average Bonchev–Trinajstić information content (AvgIpc) is 2.86. The van der Waals surface area contributed by atoms with Crippen molar-refractivity contribution in [3.8, 4) is 0 Å². The summed E-state index contributed by atoms with van der Waals surface area (Å²) >= 11 is 0. The van der Waals surface area contributed by atoms with Crippen molar-refractivity contribution < 1.29 is 19.4 Å². The van der Waals surface area contributed by atoms with Crippen molar-refractivity contribution >= 4 is 11.9 Å². The van der Waals surface area contributed by atoms with Crippen molar-refractivity contribution in [1.29, 1.82) is 0 Å². The van der Waals surface area contributed by atoms with Crippen LogP contribution in [0.25, 0.3) is 0 Å². The highest BCUT2D eigenvalue weighted by Gasteiger charge is 2.02. The van der Waals surface area contributed by atoms with E-state index in [2.05, 4.69) is 6.92 Å². The van der Waals surface area contributed by atoms with Crippen LogP contribution in [0.3, 0.4) is 0 Å². The van der Waals surface area contributed by atoms with Gasteiger partial charge in [0.1, 0.15) is 0 Å². The highest BCUT2D eigenvalue weighted by atomic mass is 16.5. The van der Waals surface area contributed by atoms with Gasteiger partial charge in [-0.2, -0.15) is 0 Å². The van der Waals surface area contributed by atoms with Crippen LogP contribution in [0.1, 0.15) is 187 Å². The summed E-state index contributed by atoms with van der Waals surface area (Å²) in [5.74, 6) is -0.656. The van der Waals surface area contributed by atoms with Crippen LogP contribution in [0.15, 0.2) is 0 Å². The number of unbranched alkanes of at least 4 members (excludes halogenated alkanes) is 24. The molecule has 0 spiro atoms. The van der Waals surface area contributed by atoms with Crippen molar-refractivity contribution in [2.45, 2.75) is 187 Å². The van der Waals surface area contributed by atoms with Crippen molar-refractivity contribution in [3.63, 3.8) is 0 Å². The molecule has 0 bridgehead atoms. The highest BCUT2D eigenvalue weighted by Crippen LogP contribution is 2.15. The predicted molar refractivity (Wildman–Crippen MR) is 154 cm³/mol. The number of hydrogen-bond acceptors (Lipinski definition) is 3. The van der Waals surface area contributed by atoms with Gasteiger partial charge in [0.15, 0.2) is 0 Å². The largest absolute Gasteiger partial charge is 0.481 e. The monoisotopic (exact) mass is 510 g/mol. The molecule has 1 N–H and O–H groups in total. The van der Waals surface area contributed by atoms with Gasteiger partial charge < -0.3 is 9.84 Å². The summed E-state index contributed by atoms with van der Waals surface area (Å²) in [4.78, 5) is 22.2. The molecule has 0 aromatic carbocycles. The van der Waals surface area contributed by atoms with Gasteiger partial charge in [0.2, 0.25) is 0 Å². The molecular formula is C32H62O4. The normalized spacial score (nSPS) is 11.1. The van der Waals surface area contributed by atoms with Crippen molar-refractivity contribution in [2.75, 3.05) is 6.61 Å². The first kappa shape index (κ1) is 34.9. The van der Waals surface area contributed by atoms with Gasteiger partial charge in [-0.15, -0.1) is 0 Å². The lowest BCUT2D eigenvalue weighted by Gasteiger charge is -2.05. The van der Waals surface area contributed by atoms with Crippen LogP contribution in [0, 0.1) is 0 Å². The molecule has 0 saturated carbocycles. The van der Waals surface area contributed by atoms with Crippen LogP contribution in [0.4, 0.5) is 0 Å². The zero-order valence-electron chi connectivity index (χ0n) is 24.2. The molecule has 0 radical (unpaired) electrons. The molecule has 0 aliphatic carbocycles. The van der Waals surface area contributed by atoms with Gasteiger partial charge in [-0.3, -0.25) is 9.59 Å². The number of esters is 1.